The molecule has 0 aliphatic rings. The number of hydrogen-bond donors (Lipinski definition) is 2. The minimum atomic E-state index is 0.348. The van der Waals surface area contributed by atoms with Crippen molar-refractivity contribution in [1.82, 2.24) is 10.4 Å². The minimum absolute atomic E-state index is 0.348. The quantitative estimate of drug-likeness (QED) is 0.391. The van der Waals surface area contributed by atoms with Gasteiger partial charge in [0.25, 0.3) is 0 Å². The van der Waals surface area contributed by atoms with E-state index in [1.54, 1.807) is 0 Å². The average Bonchev–Trinajstić information content (AvgIpc) is 2.52. The Balaban J connectivity index is 2.49. The van der Waals surface area contributed by atoms with Gasteiger partial charge in [0.2, 0.25) is 0 Å². The second-order valence-corrected chi connectivity index (χ2v) is 4.92. The highest BCUT2D eigenvalue weighted by atomic mass is 15.3. The predicted molar refractivity (Wildman–Crippen MR) is 87.2 cm³/mol. The molecule has 0 spiro atoms. The fraction of sp³-hybridized carbons (Fsp3) is 0.188. The molecule has 1 heterocycles. The molecule has 0 amide bonds. The topological polar surface area (TPSA) is 75.7 Å². The smallest absolute Gasteiger partial charge is 0.173 e. The van der Waals surface area contributed by atoms with Crippen LogP contribution < -0.4 is 11.3 Å². The Morgan fingerprint density at radius 1 is 1.29 bits per heavy atom. The molecule has 0 saturated carbocycles. The maximum atomic E-state index is 5.38. The van der Waals surface area contributed by atoms with Crippen LogP contribution in [0.1, 0.15) is 31.0 Å². The SMILES string of the molecule is C=NN/C(=N\N)c1cccc(-c2cccnc2C(C)C)c1. The number of amidine groups is 1. The molecule has 3 N–H and O–H groups in total. The van der Waals surface area contributed by atoms with Crippen LogP contribution in [0.3, 0.4) is 0 Å². The minimum Gasteiger partial charge on any atom is -0.321 e. The van der Waals surface area contributed by atoms with E-state index in [1.807, 2.05) is 36.5 Å². The van der Waals surface area contributed by atoms with Gasteiger partial charge in [0, 0.05) is 24.0 Å². The van der Waals surface area contributed by atoms with Gasteiger partial charge in [-0.2, -0.15) is 10.2 Å². The molecule has 0 atom stereocenters. The number of nitrogens with zero attached hydrogens (tertiary/aromatic N) is 3. The summed E-state index contributed by atoms with van der Waals surface area (Å²) in [5.74, 6) is 6.20. The van der Waals surface area contributed by atoms with Crippen LogP contribution in [-0.4, -0.2) is 17.5 Å². The number of hydrogen-bond acceptors (Lipinski definition) is 4. The normalized spacial score (nSPS) is 11.5. The van der Waals surface area contributed by atoms with Gasteiger partial charge in [-0.15, -0.1) is 0 Å². The van der Waals surface area contributed by atoms with Crippen molar-refractivity contribution < 1.29 is 0 Å². The third kappa shape index (κ3) is 3.25. The first-order valence-electron chi connectivity index (χ1n) is 6.72. The zero-order valence-electron chi connectivity index (χ0n) is 12.2. The Morgan fingerprint density at radius 2 is 2.10 bits per heavy atom. The van der Waals surface area contributed by atoms with Crippen molar-refractivity contribution in [2.75, 3.05) is 0 Å². The molecule has 1 aromatic heterocycles. The van der Waals surface area contributed by atoms with Gasteiger partial charge in [0.05, 0.1) is 5.69 Å². The standard InChI is InChI=1S/C16H19N5/c1-11(2)15-14(8-5-9-19-15)12-6-4-7-13(10-12)16(20-17)21-18-3/h4-11H,3,17H2,1-2H3,(H,20,21). The van der Waals surface area contributed by atoms with Crippen molar-refractivity contribution >= 4 is 12.6 Å². The van der Waals surface area contributed by atoms with Crippen LogP contribution in [-0.2, 0) is 0 Å². The molecular formula is C16H19N5. The zero-order chi connectivity index (χ0) is 15.2. The Morgan fingerprint density at radius 3 is 2.76 bits per heavy atom. The van der Waals surface area contributed by atoms with Gasteiger partial charge in [0.1, 0.15) is 0 Å². The third-order valence-corrected chi connectivity index (χ3v) is 3.15. The highest BCUT2D eigenvalue weighted by molar-refractivity contribution is 5.99. The summed E-state index contributed by atoms with van der Waals surface area (Å²) in [5.41, 5.74) is 6.78. The lowest BCUT2D eigenvalue weighted by Gasteiger charge is -2.12. The van der Waals surface area contributed by atoms with Crippen molar-refractivity contribution in [2.45, 2.75) is 19.8 Å². The number of pyridine rings is 1. The third-order valence-electron chi connectivity index (χ3n) is 3.15. The van der Waals surface area contributed by atoms with Crippen molar-refractivity contribution in [2.24, 2.45) is 16.0 Å². The lowest BCUT2D eigenvalue weighted by Crippen LogP contribution is -2.20. The van der Waals surface area contributed by atoms with E-state index in [4.69, 9.17) is 5.84 Å². The van der Waals surface area contributed by atoms with E-state index in [0.717, 1.165) is 22.4 Å². The molecule has 0 radical (unpaired) electrons. The fourth-order valence-electron chi connectivity index (χ4n) is 2.20. The largest absolute Gasteiger partial charge is 0.321 e. The van der Waals surface area contributed by atoms with Crippen LogP contribution in [0.2, 0.25) is 0 Å². The Hall–Kier alpha value is -2.69. The second kappa shape index (κ2) is 6.65. The van der Waals surface area contributed by atoms with E-state index in [9.17, 15) is 0 Å². The van der Waals surface area contributed by atoms with Gasteiger partial charge in [0.15, 0.2) is 5.84 Å². The van der Waals surface area contributed by atoms with E-state index in [-0.39, 0.29) is 0 Å². The van der Waals surface area contributed by atoms with E-state index in [0.29, 0.717) is 11.8 Å². The number of benzene rings is 1. The van der Waals surface area contributed by atoms with Crippen molar-refractivity contribution in [3.8, 4) is 11.1 Å². The number of rotatable bonds is 4. The molecule has 21 heavy (non-hydrogen) atoms. The summed E-state index contributed by atoms with van der Waals surface area (Å²) in [5, 5.41) is 7.30. The molecule has 5 heteroatoms. The fourth-order valence-corrected chi connectivity index (χ4v) is 2.20. The maximum Gasteiger partial charge on any atom is 0.173 e. The zero-order valence-corrected chi connectivity index (χ0v) is 12.2. The Kier molecular flexibility index (Phi) is 4.66. The van der Waals surface area contributed by atoms with Gasteiger partial charge < -0.3 is 5.84 Å². The van der Waals surface area contributed by atoms with Crippen LogP contribution in [0.5, 0.6) is 0 Å². The second-order valence-electron chi connectivity index (χ2n) is 4.92. The molecule has 108 valence electrons. The van der Waals surface area contributed by atoms with E-state index >= 15 is 0 Å². The maximum absolute atomic E-state index is 5.38. The summed E-state index contributed by atoms with van der Waals surface area (Å²) >= 11 is 0. The molecule has 0 aliphatic carbocycles. The molecule has 0 saturated heterocycles. The van der Waals surface area contributed by atoms with Gasteiger partial charge in [-0.1, -0.05) is 38.1 Å². The summed E-state index contributed by atoms with van der Waals surface area (Å²) < 4.78 is 0. The van der Waals surface area contributed by atoms with E-state index in [2.05, 4.69) is 47.2 Å². The number of nitrogens with two attached hydrogens (primary N) is 1. The molecule has 2 aromatic rings. The van der Waals surface area contributed by atoms with Crippen LogP contribution in [0.25, 0.3) is 11.1 Å². The first kappa shape index (κ1) is 14.7. The van der Waals surface area contributed by atoms with Crippen LogP contribution in [0, 0.1) is 0 Å². The molecule has 1 aromatic carbocycles. The van der Waals surface area contributed by atoms with E-state index < -0.39 is 0 Å². The number of aromatic nitrogens is 1. The van der Waals surface area contributed by atoms with Crippen LogP contribution in [0.15, 0.2) is 52.8 Å². The summed E-state index contributed by atoms with van der Waals surface area (Å²) in [6, 6.07) is 11.9. The molecule has 0 bridgehead atoms. The van der Waals surface area contributed by atoms with Crippen molar-refractivity contribution in [1.29, 1.82) is 0 Å². The molecular weight excluding hydrogens is 262 g/mol. The van der Waals surface area contributed by atoms with Gasteiger partial charge in [-0.3, -0.25) is 10.4 Å². The first-order valence-corrected chi connectivity index (χ1v) is 6.72. The van der Waals surface area contributed by atoms with Crippen molar-refractivity contribution in [3.63, 3.8) is 0 Å². The summed E-state index contributed by atoms with van der Waals surface area (Å²) in [4.78, 5) is 4.49. The van der Waals surface area contributed by atoms with Gasteiger partial charge in [-0.05, 0) is 23.6 Å². The van der Waals surface area contributed by atoms with E-state index in [1.165, 1.54) is 0 Å². The lowest BCUT2D eigenvalue weighted by atomic mass is 9.96. The Labute approximate surface area is 124 Å². The molecule has 0 unspecified atom stereocenters. The van der Waals surface area contributed by atoms with Crippen molar-refractivity contribution in [3.05, 3.63) is 53.9 Å². The summed E-state index contributed by atoms with van der Waals surface area (Å²) in [6.07, 6.45) is 1.82. The highest BCUT2D eigenvalue weighted by Crippen LogP contribution is 2.27. The lowest BCUT2D eigenvalue weighted by molar-refractivity contribution is 0.826. The van der Waals surface area contributed by atoms with Gasteiger partial charge in [-0.25, -0.2) is 0 Å². The average molecular weight is 281 g/mol. The summed E-state index contributed by atoms with van der Waals surface area (Å²) in [7, 11) is 0. The Bertz CT molecular complexity index is 661. The first-order chi connectivity index (χ1) is 10.2. The van der Waals surface area contributed by atoms with Gasteiger partial charge >= 0.3 is 0 Å². The molecule has 0 aliphatic heterocycles. The summed E-state index contributed by atoms with van der Waals surface area (Å²) in [6.45, 7) is 7.65. The van der Waals surface area contributed by atoms with Crippen LogP contribution >= 0.6 is 0 Å². The van der Waals surface area contributed by atoms with Crippen LogP contribution in [0.4, 0.5) is 0 Å². The number of nitrogens with one attached hydrogen (secondary N) is 1. The monoisotopic (exact) mass is 281 g/mol. The molecule has 0 fully saturated rings. The number of hydrazone groups is 2. The molecule has 2 rings (SSSR count). The predicted octanol–water partition coefficient (Wildman–Crippen LogP) is 2.70. The molecule has 5 nitrogen and oxygen atoms in total. The highest BCUT2D eigenvalue weighted by Gasteiger charge is 2.11.